The Hall–Kier alpha value is -8.28. The molecule has 0 saturated heterocycles. The number of hydrogen-bond acceptors (Lipinski definition) is 3. The van der Waals surface area contributed by atoms with Crippen molar-refractivity contribution >= 4 is 113 Å². The van der Waals surface area contributed by atoms with Gasteiger partial charge in [-0.05, 0) is 117 Å². The Balaban J connectivity index is 0.943. The van der Waals surface area contributed by atoms with Crippen molar-refractivity contribution in [1.29, 1.82) is 0 Å². The van der Waals surface area contributed by atoms with Gasteiger partial charge in [-0.3, -0.25) is 0 Å². The SMILES string of the molecule is c1cc(-c2ccc(N(c3ccc(-c4ccc5ccccc5c4)cc3)c3ccc(-c4cccc5c4sc4ccccc45)cc3)c3c2sc2ccccc23)cc(-n2c3ccccc3c3ccccc32)c1. The number of anilines is 3. The van der Waals surface area contributed by atoms with Crippen LogP contribution in [0.4, 0.5) is 17.1 Å². The summed E-state index contributed by atoms with van der Waals surface area (Å²) in [6.07, 6.45) is 0. The first-order valence-corrected chi connectivity index (χ1v) is 24.8. The Labute approximate surface area is 401 Å². The lowest BCUT2D eigenvalue weighted by Crippen LogP contribution is -2.10. The monoisotopic (exact) mass is 900 g/mol. The summed E-state index contributed by atoms with van der Waals surface area (Å²) in [5.74, 6) is 0. The molecule has 3 aromatic heterocycles. The molecule has 4 heteroatoms. The lowest BCUT2D eigenvalue weighted by Gasteiger charge is -2.27. The number of nitrogens with zero attached hydrogens (tertiary/aromatic N) is 2. The maximum absolute atomic E-state index is 2.47. The highest BCUT2D eigenvalue weighted by atomic mass is 32.1. The van der Waals surface area contributed by atoms with Crippen molar-refractivity contribution in [2.75, 3.05) is 4.90 Å². The first-order chi connectivity index (χ1) is 33.7. The molecule has 68 heavy (non-hydrogen) atoms. The largest absolute Gasteiger partial charge is 0.310 e. The molecule has 0 aliphatic rings. The molecule has 0 fully saturated rings. The number of rotatable bonds is 7. The van der Waals surface area contributed by atoms with Gasteiger partial charge < -0.3 is 9.47 Å². The fraction of sp³-hybridized carbons (Fsp3) is 0. The minimum atomic E-state index is 1.10. The number of fused-ring (bicyclic) bond motifs is 10. The summed E-state index contributed by atoms with van der Waals surface area (Å²) >= 11 is 3.76. The molecule has 14 aromatic rings. The second-order valence-corrected chi connectivity index (χ2v) is 19.7. The summed E-state index contributed by atoms with van der Waals surface area (Å²) in [4.78, 5) is 2.47. The fourth-order valence-corrected chi connectivity index (χ4v) is 13.1. The molecule has 0 aliphatic heterocycles. The zero-order valence-electron chi connectivity index (χ0n) is 36.8. The summed E-state index contributed by atoms with van der Waals surface area (Å²) in [7, 11) is 0. The van der Waals surface area contributed by atoms with Crippen molar-refractivity contribution in [3.05, 3.63) is 243 Å². The van der Waals surface area contributed by atoms with Gasteiger partial charge in [0.1, 0.15) is 0 Å². The van der Waals surface area contributed by atoms with E-state index < -0.39 is 0 Å². The van der Waals surface area contributed by atoms with Crippen LogP contribution in [0.3, 0.4) is 0 Å². The third-order valence-corrected chi connectivity index (χ3v) is 16.2. The van der Waals surface area contributed by atoms with Gasteiger partial charge in [0.15, 0.2) is 0 Å². The van der Waals surface area contributed by atoms with Crippen LogP contribution in [0.5, 0.6) is 0 Å². The van der Waals surface area contributed by atoms with E-state index in [1.54, 1.807) is 0 Å². The lowest BCUT2D eigenvalue weighted by molar-refractivity contribution is 1.18. The van der Waals surface area contributed by atoms with E-state index in [0.29, 0.717) is 0 Å². The van der Waals surface area contributed by atoms with Crippen LogP contribution in [-0.2, 0) is 0 Å². The van der Waals surface area contributed by atoms with E-state index in [4.69, 9.17) is 0 Å². The van der Waals surface area contributed by atoms with Crippen LogP contribution in [0.2, 0.25) is 0 Å². The highest BCUT2D eigenvalue weighted by Crippen LogP contribution is 2.49. The van der Waals surface area contributed by atoms with Crippen molar-refractivity contribution in [2.24, 2.45) is 0 Å². The van der Waals surface area contributed by atoms with Gasteiger partial charge in [-0.1, -0.05) is 170 Å². The Kier molecular flexibility index (Phi) is 8.98. The molecule has 14 rings (SSSR count). The minimum Gasteiger partial charge on any atom is -0.310 e. The van der Waals surface area contributed by atoms with Crippen LogP contribution in [0, 0.1) is 0 Å². The molecular weight excluding hydrogens is 861 g/mol. The number of para-hydroxylation sites is 2. The van der Waals surface area contributed by atoms with Gasteiger partial charge in [-0.15, -0.1) is 22.7 Å². The van der Waals surface area contributed by atoms with Gasteiger partial charge in [0.05, 0.1) is 16.7 Å². The normalized spacial score (nSPS) is 11.8. The summed E-state index contributed by atoms with van der Waals surface area (Å²) < 4.78 is 7.60. The number of aromatic nitrogens is 1. The average molecular weight is 901 g/mol. The number of hydrogen-bond donors (Lipinski definition) is 0. The van der Waals surface area contributed by atoms with E-state index in [2.05, 4.69) is 252 Å². The Morgan fingerprint density at radius 3 is 1.63 bits per heavy atom. The smallest absolute Gasteiger partial charge is 0.0555 e. The molecule has 0 unspecified atom stereocenters. The Bertz CT molecular complexity index is 4210. The van der Waals surface area contributed by atoms with Gasteiger partial charge in [-0.2, -0.15) is 0 Å². The summed E-state index contributed by atoms with van der Waals surface area (Å²) in [5.41, 5.74) is 14.2. The predicted octanol–water partition coefficient (Wildman–Crippen LogP) is 19.1. The van der Waals surface area contributed by atoms with Crippen molar-refractivity contribution in [3.8, 4) is 39.1 Å². The van der Waals surface area contributed by atoms with Crippen molar-refractivity contribution in [2.45, 2.75) is 0 Å². The second kappa shape index (κ2) is 15.7. The summed E-state index contributed by atoms with van der Waals surface area (Å²) in [6, 6.07) is 89.4. The molecule has 2 nitrogen and oxygen atoms in total. The van der Waals surface area contributed by atoms with E-state index in [0.717, 1.165) is 22.7 Å². The van der Waals surface area contributed by atoms with Crippen LogP contribution in [0.25, 0.3) is 112 Å². The number of benzene rings is 11. The van der Waals surface area contributed by atoms with E-state index in [1.807, 2.05) is 22.7 Å². The molecular formula is C64H40N2S2. The van der Waals surface area contributed by atoms with Crippen LogP contribution in [-0.4, -0.2) is 4.57 Å². The molecule has 0 bridgehead atoms. The predicted molar refractivity (Wildman–Crippen MR) is 295 cm³/mol. The maximum atomic E-state index is 2.47. The first-order valence-electron chi connectivity index (χ1n) is 23.2. The molecule has 0 saturated carbocycles. The summed E-state index contributed by atoms with van der Waals surface area (Å²) in [5, 5.41) is 10.2. The Morgan fingerprint density at radius 2 is 0.882 bits per heavy atom. The molecule has 0 N–H and O–H groups in total. The molecule has 318 valence electrons. The molecule has 3 heterocycles. The van der Waals surface area contributed by atoms with Crippen molar-refractivity contribution in [1.82, 2.24) is 4.57 Å². The summed E-state index contributed by atoms with van der Waals surface area (Å²) in [6.45, 7) is 0. The minimum absolute atomic E-state index is 1.10. The zero-order valence-corrected chi connectivity index (χ0v) is 38.4. The average Bonchev–Trinajstić information content (AvgIpc) is 4.10. The molecule has 0 radical (unpaired) electrons. The van der Waals surface area contributed by atoms with E-state index in [-0.39, 0.29) is 0 Å². The molecule has 0 atom stereocenters. The van der Waals surface area contributed by atoms with Crippen LogP contribution in [0.15, 0.2) is 243 Å². The third-order valence-electron chi connectivity index (χ3n) is 13.8. The molecule has 0 amide bonds. The lowest BCUT2D eigenvalue weighted by atomic mass is 9.98. The third kappa shape index (κ3) is 6.22. The van der Waals surface area contributed by atoms with Gasteiger partial charge >= 0.3 is 0 Å². The van der Waals surface area contributed by atoms with Crippen molar-refractivity contribution < 1.29 is 0 Å². The van der Waals surface area contributed by atoms with Crippen molar-refractivity contribution in [3.63, 3.8) is 0 Å². The van der Waals surface area contributed by atoms with Crippen LogP contribution in [0.1, 0.15) is 0 Å². The molecule has 11 aromatic carbocycles. The molecule has 0 spiro atoms. The van der Waals surface area contributed by atoms with Gasteiger partial charge in [-0.25, -0.2) is 0 Å². The maximum Gasteiger partial charge on any atom is 0.0555 e. The van der Waals surface area contributed by atoms with E-state index in [1.165, 1.54) is 106 Å². The van der Waals surface area contributed by atoms with Crippen LogP contribution < -0.4 is 4.90 Å². The van der Waals surface area contributed by atoms with E-state index >= 15 is 0 Å². The topological polar surface area (TPSA) is 8.17 Å². The highest BCUT2D eigenvalue weighted by molar-refractivity contribution is 7.26. The second-order valence-electron chi connectivity index (χ2n) is 17.6. The number of thiophene rings is 2. The quantitative estimate of drug-likeness (QED) is 0.155. The highest BCUT2D eigenvalue weighted by Gasteiger charge is 2.22. The standard InChI is InChI=1S/C64H40N2S2/c1-2-14-44-39-45(28-27-41(44)13-1)42-29-33-47(34-30-42)65(48-35-31-43(32-36-48)50-21-12-22-55-54-19-5-9-25-60(54)67-63(50)55)59-38-37-51(64-62(59)56-20-6-10-26-61(56)68-64)46-15-11-16-49(40-46)66-57-23-7-3-17-52(57)53-18-4-8-24-58(53)66/h1-40H. The molecule has 0 aliphatic carbocycles. The van der Waals surface area contributed by atoms with Gasteiger partial charge in [0, 0.05) is 68.2 Å². The van der Waals surface area contributed by atoms with Crippen LogP contribution >= 0.6 is 22.7 Å². The van der Waals surface area contributed by atoms with E-state index in [9.17, 15) is 0 Å². The first kappa shape index (κ1) is 38.9. The van der Waals surface area contributed by atoms with Gasteiger partial charge in [0.2, 0.25) is 0 Å². The van der Waals surface area contributed by atoms with Gasteiger partial charge in [0.25, 0.3) is 0 Å². The zero-order chi connectivity index (χ0) is 44.7. The fourth-order valence-electron chi connectivity index (χ4n) is 10.6. The Morgan fingerprint density at radius 1 is 0.324 bits per heavy atom.